The number of methoxy groups -OCH3 is 1. The highest BCUT2D eigenvalue weighted by Crippen LogP contribution is 2.42. The molecule has 3 heterocycles. The average molecular weight is 791 g/mol. The quantitative estimate of drug-likeness (QED) is 0.215. The molecule has 0 bridgehead atoms. The van der Waals surface area contributed by atoms with Gasteiger partial charge in [0, 0.05) is 43.5 Å². The van der Waals surface area contributed by atoms with E-state index in [9.17, 15) is 30.3 Å². The first kappa shape index (κ1) is 48.4. The summed E-state index contributed by atoms with van der Waals surface area (Å²) < 4.78 is 37.9. The Balaban J connectivity index is 2.26. The van der Waals surface area contributed by atoms with Gasteiger partial charge in [-0.25, -0.2) is 0 Å². The van der Waals surface area contributed by atoms with Crippen molar-refractivity contribution in [1.82, 2.24) is 9.80 Å². The molecule has 14 heteroatoms. The van der Waals surface area contributed by atoms with E-state index in [0.29, 0.717) is 6.42 Å². The van der Waals surface area contributed by atoms with Crippen LogP contribution in [0.2, 0.25) is 0 Å². The molecule has 19 atom stereocenters. The van der Waals surface area contributed by atoms with Gasteiger partial charge in [-0.3, -0.25) is 4.79 Å². The van der Waals surface area contributed by atoms with Crippen molar-refractivity contribution in [1.29, 1.82) is 0 Å². The lowest BCUT2D eigenvalue weighted by Crippen LogP contribution is -2.62. The van der Waals surface area contributed by atoms with Gasteiger partial charge in [0.05, 0.1) is 47.6 Å². The first-order chi connectivity index (χ1) is 25.2. The zero-order valence-corrected chi connectivity index (χ0v) is 36.6. The molecular weight excluding hydrogens is 712 g/mol. The van der Waals surface area contributed by atoms with Crippen molar-refractivity contribution in [2.24, 2.45) is 23.7 Å². The highest BCUT2D eigenvalue weighted by molar-refractivity contribution is 5.73. The molecule has 0 radical (unpaired) electrons. The van der Waals surface area contributed by atoms with E-state index in [4.69, 9.17) is 28.4 Å². The molecule has 0 aliphatic carbocycles. The maximum absolute atomic E-state index is 14.3. The highest BCUT2D eigenvalue weighted by Gasteiger charge is 2.54. The summed E-state index contributed by atoms with van der Waals surface area (Å²) in [5, 5.41) is 59.4. The molecule has 3 aliphatic heterocycles. The number of carbonyl (C=O) groups is 1. The topological polar surface area (TPSA) is 180 Å². The number of ether oxygens (including phenoxy) is 6. The third kappa shape index (κ3) is 10.6. The van der Waals surface area contributed by atoms with Crippen LogP contribution in [0.5, 0.6) is 0 Å². The minimum Gasteiger partial charge on any atom is -0.459 e. The summed E-state index contributed by atoms with van der Waals surface area (Å²) in [4.78, 5) is 18.4. The first-order valence-electron chi connectivity index (χ1n) is 20.5. The number of hydrogen-bond acceptors (Lipinski definition) is 14. The molecule has 0 amide bonds. The van der Waals surface area contributed by atoms with Gasteiger partial charge in [-0.05, 0) is 102 Å². The molecule has 3 rings (SSSR count). The second-order valence-corrected chi connectivity index (χ2v) is 18.5. The van der Waals surface area contributed by atoms with Crippen molar-refractivity contribution in [2.45, 2.75) is 205 Å². The highest BCUT2D eigenvalue weighted by atomic mass is 16.7. The summed E-state index contributed by atoms with van der Waals surface area (Å²) in [6, 6.07) is -0.589. The maximum atomic E-state index is 14.3. The van der Waals surface area contributed by atoms with Crippen LogP contribution in [0, 0.1) is 23.7 Å². The summed E-state index contributed by atoms with van der Waals surface area (Å²) >= 11 is 0. The fourth-order valence-electron chi connectivity index (χ4n) is 9.71. The summed E-state index contributed by atoms with van der Waals surface area (Å²) in [5.74, 6) is -3.27. The number of aliphatic hydroxyl groups excluding tert-OH is 3. The molecule has 5 N–H and O–H groups in total. The smallest absolute Gasteiger partial charge is 0.311 e. The number of aliphatic hydroxyl groups is 5. The Morgan fingerprint density at radius 3 is 2.02 bits per heavy atom. The number of nitrogens with zero attached hydrogens (tertiary/aromatic N) is 2. The van der Waals surface area contributed by atoms with Gasteiger partial charge in [0.2, 0.25) is 0 Å². The lowest BCUT2D eigenvalue weighted by Gasteiger charge is -2.50. The molecule has 0 aromatic heterocycles. The fraction of sp³-hybridized carbons (Fsp3) is 0.976. The molecule has 3 fully saturated rings. The van der Waals surface area contributed by atoms with Gasteiger partial charge in [-0.2, -0.15) is 0 Å². The van der Waals surface area contributed by atoms with Gasteiger partial charge in [0.15, 0.2) is 12.6 Å². The van der Waals surface area contributed by atoms with Crippen molar-refractivity contribution in [3.63, 3.8) is 0 Å². The molecule has 0 saturated carbocycles. The van der Waals surface area contributed by atoms with Crippen LogP contribution in [0.25, 0.3) is 0 Å². The Hall–Kier alpha value is -1.01. The van der Waals surface area contributed by atoms with E-state index in [0.717, 1.165) is 0 Å². The molecule has 3 saturated heterocycles. The standard InChI is InChI=1S/C41H78N2O12/c1-17-29-41(12,49)34(45)24(6)31(43(15)21(2)3)22(4)19-39(10,48)36(55-38-32(44)28(42(13)14)18-23(5)51-38)25(7)33(26(8)37(47)53-29)54-30-20-40(11,50-16)35(46)27(9)52-30/h21-36,38,44-46,48-49H,17-20H2,1-16H3/t22-,23?,24+,25+,26-,27?,28?,29-,30?,31+,32?,33+,34-,35?,36-,38?,39-,40?,41-/m1/s1. The monoisotopic (exact) mass is 791 g/mol. The Bertz CT molecular complexity index is 1220. The van der Waals surface area contributed by atoms with Gasteiger partial charge in [-0.15, -0.1) is 0 Å². The third-order valence-corrected chi connectivity index (χ3v) is 13.3. The van der Waals surface area contributed by atoms with Crippen molar-refractivity contribution in [3.05, 3.63) is 0 Å². The van der Waals surface area contributed by atoms with Gasteiger partial charge in [-0.1, -0.05) is 27.7 Å². The van der Waals surface area contributed by atoms with Crippen molar-refractivity contribution in [2.75, 3.05) is 28.3 Å². The van der Waals surface area contributed by atoms with E-state index in [1.165, 1.54) is 14.0 Å². The SMILES string of the molecule is CC[C@H]1OC(=O)[C@H](C)[C@@H](OC2CC(C)(OC)C(O)C(C)O2)[C@H](C)[C@@H](OC2OC(C)CC(N(C)C)C2O)[C@](C)(O)C[C@@H](C)[C@H](N(C)C(C)C)[C@H](C)[C@@H](O)[C@]1(C)O. The molecule has 8 unspecified atom stereocenters. The van der Waals surface area contributed by atoms with Crippen LogP contribution >= 0.6 is 0 Å². The fourth-order valence-corrected chi connectivity index (χ4v) is 9.71. The van der Waals surface area contributed by atoms with Crippen LogP contribution in [-0.4, -0.2) is 166 Å². The second-order valence-electron chi connectivity index (χ2n) is 18.5. The molecule has 0 aromatic carbocycles. The van der Waals surface area contributed by atoms with Crippen LogP contribution in [-0.2, 0) is 33.2 Å². The van der Waals surface area contributed by atoms with E-state index < -0.39 is 95.8 Å². The molecule has 14 nitrogen and oxygen atoms in total. The maximum Gasteiger partial charge on any atom is 0.311 e. The molecule has 0 spiro atoms. The number of likely N-dealkylation sites (N-methyl/N-ethyl adjacent to an activating group) is 1. The molecule has 0 aromatic rings. The van der Waals surface area contributed by atoms with E-state index in [2.05, 4.69) is 4.90 Å². The number of hydrogen-bond donors (Lipinski definition) is 5. The Morgan fingerprint density at radius 1 is 0.891 bits per heavy atom. The second kappa shape index (κ2) is 18.9. The van der Waals surface area contributed by atoms with Crippen LogP contribution < -0.4 is 0 Å². The number of esters is 1. The van der Waals surface area contributed by atoms with Crippen LogP contribution in [0.4, 0.5) is 0 Å². The average Bonchev–Trinajstić information content (AvgIpc) is 3.09. The summed E-state index contributed by atoms with van der Waals surface area (Å²) in [6.07, 6.45) is -8.41. The largest absolute Gasteiger partial charge is 0.459 e. The normalized spacial score (nSPS) is 48.5. The predicted molar refractivity (Wildman–Crippen MR) is 208 cm³/mol. The Labute approximate surface area is 331 Å². The zero-order valence-electron chi connectivity index (χ0n) is 36.6. The number of cyclic esters (lactones) is 1. The number of rotatable bonds is 9. The first-order valence-corrected chi connectivity index (χ1v) is 20.5. The lowest BCUT2D eigenvalue weighted by molar-refractivity contribution is -0.318. The van der Waals surface area contributed by atoms with Gasteiger partial charge in [0.1, 0.15) is 23.9 Å². The Kier molecular flexibility index (Phi) is 16.6. The van der Waals surface area contributed by atoms with Crippen molar-refractivity contribution >= 4 is 5.97 Å². The summed E-state index contributed by atoms with van der Waals surface area (Å²) in [5.41, 5.74) is -4.48. The van der Waals surface area contributed by atoms with Gasteiger partial charge >= 0.3 is 5.97 Å². The number of carbonyl (C=O) groups excluding carboxylic acids is 1. The van der Waals surface area contributed by atoms with Crippen molar-refractivity contribution < 1.29 is 58.7 Å². The van der Waals surface area contributed by atoms with E-state index in [-0.39, 0.29) is 49.4 Å². The predicted octanol–water partition coefficient (Wildman–Crippen LogP) is 2.93. The Morgan fingerprint density at radius 2 is 1.49 bits per heavy atom. The van der Waals surface area contributed by atoms with Crippen molar-refractivity contribution in [3.8, 4) is 0 Å². The minimum atomic E-state index is -1.83. The van der Waals surface area contributed by atoms with Crippen LogP contribution in [0.3, 0.4) is 0 Å². The third-order valence-electron chi connectivity index (χ3n) is 13.3. The summed E-state index contributed by atoms with van der Waals surface area (Å²) in [7, 11) is 7.25. The van der Waals surface area contributed by atoms with Crippen LogP contribution in [0.1, 0.15) is 109 Å². The lowest BCUT2D eigenvalue weighted by atomic mass is 9.72. The zero-order chi connectivity index (χ0) is 42.1. The molecule has 3 aliphatic rings. The minimum absolute atomic E-state index is 0.0460. The van der Waals surface area contributed by atoms with E-state index in [1.807, 2.05) is 67.6 Å². The van der Waals surface area contributed by atoms with E-state index >= 15 is 0 Å². The molecule has 55 heavy (non-hydrogen) atoms. The van der Waals surface area contributed by atoms with Crippen LogP contribution in [0.15, 0.2) is 0 Å². The molecule has 324 valence electrons. The van der Waals surface area contributed by atoms with Gasteiger partial charge in [0.25, 0.3) is 0 Å². The van der Waals surface area contributed by atoms with E-state index in [1.54, 1.807) is 34.6 Å². The molecular formula is C41H78N2O12. The van der Waals surface area contributed by atoms with Gasteiger partial charge < -0.3 is 63.8 Å². The summed E-state index contributed by atoms with van der Waals surface area (Å²) in [6.45, 7) is 21.9.